The van der Waals surface area contributed by atoms with Gasteiger partial charge in [-0.25, -0.2) is 0 Å². The number of aryl methyl sites for hydroxylation is 1. The van der Waals surface area contributed by atoms with Gasteiger partial charge in [-0.1, -0.05) is 167 Å². The maximum Gasteiger partial charge on any atom is 0.0647 e. The molecule has 0 saturated carbocycles. The third kappa shape index (κ3) is 7.33. The highest BCUT2D eigenvalue weighted by Gasteiger charge is 2.39. The lowest BCUT2D eigenvalue weighted by molar-refractivity contribution is 0.332. The van der Waals surface area contributed by atoms with E-state index in [0.717, 1.165) is 29.9 Å². The Morgan fingerprint density at radius 2 is 1.21 bits per heavy atom. The van der Waals surface area contributed by atoms with Gasteiger partial charge in [-0.3, -0.25) is 0 Å². The number of para-hydroxylation sites is 2. The van der Waals surface area contributed by atoms with Gasteiger partial charge in [0.1, 0.15) is 0 Å². The van der Waals surface area contributed by atoms with Crippen LogP contribution in [0.15, 0.2) is 156 Å². The summed E-state index contributed by atoms with van der Waals surface area (Å²) in [6, 6.07) is 55.9. The van der Waals surface area contributed by atoms with Crippen LogP contribution in [0.3, 0.4) is 0 Å². The number of anilines is 6. The topological polar surface area (TPSA) is 6.48 Å². The fourth-order valence-corrected chi connectivity index (χ4v) is 13.6. The summed E-state index contributed by atoms with van der Waals surface area (Å²) in [5.74, 6) is 0. The predicted octanol–water partition coefficient (Wildman–Crippen LogP) is 19.6. The molecule has 0 unspecified atom stereocenters. The fourth-order valence-electron chi connectivity index (χ4n) is 11.5. The highest BCUT2D eigenvalue weighted by atomic mass is 32.1. The highest BCUT2D eigenvalue weighted by molar-refractivity contribution is 7.18. The van der Waals surface area contributed by atoms with E-state index in [-0.39, 0.29) is 21.7 Å². The van der Waals surface area contributed by atoms with E-state index in [0.29, 0.717) is 0 Å². The number of hydrogen-bond donors (Lipinski definition) is 0. The molecule has 68 heavy (non-hydrogen) atoms. The minimum atomic E-state index is -0.173. The maximum atomic E-state index is 2.57. The SMILES string of the molecule is CCCc1ccc(-c2cc(N3c4ccccc4C(C)(C)c4ccccc43)cc(N(c3ccc(C(C)(C)C)cc3)c3csc4cc5c(cc34)C(C)(C)CCC5(C)C)c2)c2csc(-c3ccccc3)c12. The Morgan fingerprint density at radius 1 is 0.574 bits per heavy atom. The number of nitrogens with zero attached hydrogens (tertiary/aromatic N) is 2. The second-order valence-corrected chi connectivity index (χ2v) is 24.2. The average molecular weight is 925 g/mol. The van der Waals surface area contributed by atoms with Crippen molar-refractivity contribution in [2.24, 2.45) is 0 Å². The molecule has 0 N–H and O–H groups in total. The molecule has 1 aliphatic heterocycles. The zero-order valence-electron chi connectivity index (χ0n) is 41.6. The van der Waals surface area contributed by atoms with Gasteiger partial charge in [0.15, 0.2) is 0 Å². The lowest BCUT2D eigenvalue weighted by Crippen LogP contribution is -2.33. The number of benzene rings is 7. The second-order valence-electron chi connectivity index (χ2n) is 22.4. The molecule has 2 aromatic heterocycles. The Labute approximate surface area is 412 Å². The summed E-state index contributed by atoms with van der Waals surface area (Å²) in [5, 5.41) is 8.88. The van der Waals surface area contributed by atoms with Gasteiger partial charge in [-0.15, -0.1) is 22.7 Å². The van der Waals surface area contributed by atoms with Gasteiger partial charge in [-0.2, -0.15) is 0 Å². The van der Waals surface area contributed by atoms with E-state index in [1.807, 2.05) is 22.7 Å². The highest BCUT2D eigenvalue weighted by Crippen LogP contribution is 2.55. The molecule has 0 radical (unpaired) electrons. The van der Waals surface area contributed by atoms with Crippen molar-refractivity contribution in [3.05, 3.63) is 190 Å². The molecular weight excluding hydrogens is 861 g/mol. The Balaban J connectivity index is 1.22. The van der Waals surface area contributed by atoms with Crippen LogP contribution in [0.25, 0.3) is 42.4 Å². The summed E-state index contributed by atoms with van der Waals surface area (Å²) in [6.07, 6.45) is 4.51. The zero-order valence-corrected chi connectivity index (χ0v) is 43.2. The monoisotopic (exact) mass is 924 g/mol. The van der Waals surface area contributed by atoms with Crippen LogP contribution in [0.4, 0.5) is 34.1 Å². The van der Waals surface area contributed by atoms with Crippen molar-refractivity contribution >= 4 is 77.7 Å². The van der Waals surface area contributed by atoms with Crippen LogP contribution in [0.1, 0.15) is 122 Å². The van der Waals surface area contributed by atoms with E-state index in [2.05, 4.69) is 235 Å². The minimum absolute atomic E-state index is 0.0280. The second kappa shape index (κ2) is 16.4. The number of thiophene rings is 2. The quantitative estimate of drug-likeness (QED) is 0.150. The van der Waals surface area contributed by atoms with Crippen molar-refractivity contribution in [3.63, 3.8) is 0 Å². The molecule has 342 valence electrons. The maximum absolute atomic E-state index is 2.57. The average Bonchev–Trinajstić information content (AvgIpc) is 3.96. The first kappa shape index (κ1) is 44.6. The van der Waals surface area contributed by atoms with Crippen molar-refractivity contribution in [3.8, 4) is 21.6 Å². The summed E-state index contributed by atoms with van der Waals surface area (Å²) in [4.78, 5) is 6.47. The van der Waals surface area contributed by atoms with Crippen molar-refractivity contribution in [1.82, 2.24) is 0 Å². The van der Waals surface area contributed by atoms with E-state index in [1.54, 1.807) is 0 Å². The van der Waals surface area contributed by atoms with E-state index in [1.165, 1.54) is 106 Å². The lowest BCUT2D eigenvalue weighted by atomic mass is 9.63. The Hall–Kier alpha value is -5.94. The Morgan fingerprint density at radius 3 is 1.85 bits per heavy atom. The molecule has 1 aliphatic carbocycles. The van der Waals surface area contributed by atoms with Crippen LogP contribution in [0.5, 0.6) is 0 Å². The van der Waals surface area contributed by atoms with Gasteiger partial charge in [-0.05, 0) is 146 Å². The molecule has 7 aromatic carbocycles. The lowest BCUT2D eigenvalue weighted by Gasteiger charge is -2.42. The summed E-state index contributed by atoms with van der Waals surface area (Å²) >= 11 is 3.76. The summed E-state index contributed by atoms with van der Waals surface area (Å²) in [5.41, 5.74) is 19.3. The summed E-state index contributed by atoms with van der Waals surface area (Å²) < 4.78 is 1.35. The molecule has 2 nitrogen and oxygen atoms in total. The number of fused-ring (bicyclic) bond motifs is 5. The predicted molar refractivity (Wildman–Crippen MR) is 298 cm³/mol. The first-order valence-electron chi connectivity index (χ1n) is 24.8. The van der Waals surface area contributed by atoms with E-state index >= 15 is 0 Å². The molecule has 11 rings (SSSR count). The molecule has 2 aliphatic rings. The molecular formula is C64H64N2S2. The third-order valence-corrected chi connectivity index (χ3v) is 17.5. The van der Waals surface area contributed by atoms with Gasteiger partial charge < -0.3 is 9.80 Å². The largest absolute Gasteiger partial charge is 0.310 e. The molecule has 0 bridgehead atoms. The first-order chi connectivity index (χ1) is 32.5. The van der Waals surface area contributed by atoms with Crippen LogP contribution >= 0.6 is 22.7 Å². The number of rotatable bonds is 8. The van der Waals surface area contributed by atoms with Crippen molar-refractivity contribution < 1.29 is 0 Å². The minimum Gasteiger partial charge on any atom is -0.310 e. The normalized spacial score (nSPS) is 15.8. The Kier molecular flexibility index (Phi) is 10.7. The van der Waals surface area contributed by atoms with Gasteiger partial charge in [0, 0.05) is 53.6 Å². The standard InChI is InChI=1S/C64H64N2S2/c1-11-19-41-26-31-48(50-39-68-60(59(41)50)42-20-13-12-14-21-42)43-34-46(36-47(35-43)66-55-24-17-15-22-51(55)64(9,10)52-23-16-18-25-56(52)66)65(45-29-27-44(28-30-45)61(2,3)4)57-40-67-58-38-54-53(37-49(57)58)62(5,6)32-33-63(54,7)8/h12-18,20-31,34-40H,11,19,32-33H2,1-10H3. The first-order valence-corrected chi connectivity index (χ1v) is 26.5. The van der Waals surface area contributed by atoms with Crippen LogP contribution in [-0.4, -0.2) is 0 Å². The van der Waals surface area contributed by atoms with Gasteiger partial charge >= 0.3 is 0 Å². The molecule has 0 saturated heterocycles. The molecule has 4 heteroatoms. The number of hydrogen-bond acceptors (Lipinski definition) is 4. The molecule has 0 atom stereocenters. The molecule has 3 heterocycles. The van der Waals surface area contributed by atoms with E-state index in [4.69, 9.17) is 0 Å². The molecule has 0 spiro atoms. The van der Waals surface area contributed by atoms with E-state index in [9.17, 15) is 0 Å². The summed E-state index contributed by atoms with van der Waals surface area (Å²) in [7, 11) is 0. The fraction of sp³-hybridized carbons (Fsp3) is 0.281. The van der Waals surface area contributed by atoms with Crippen molar-refractivity contribution in [2.45, 2.75) is 117 Å². The zero-order chi connectivity index (χ0) is 47.3. The van der Waals surface area contributed by atoms with Crippen LogP contribution in [0, 0.1) is 0 Å². The van der Waals surface area contributed by atoms with Crippen LogP contribution in [-0.2, 0) is 28.1 Å². The molecule has 0 amide bonds. The van der Waals surface area contributed by atoms with Gasteiger partial charge in [0.05, 0.1) is 17.1 Å². The smallest absolute Gasteiger partial charge is 0.0647 e. The van der Waals surface area contributed by atoms with Crippen molar-refractivity contribution in [2.75, 3.05) is 9.80 Å². The van der Waals surface area contributed by atoms with Gasteiger partial charge in [0.2, 0.25) is 0 Å². The van der Waals surface area contributed by atoms with Gasteiger partial charge in [0.25, 0.3) is 0 Å². The van der Waals surface area contributed by atoms with E-state index < -0.39 is 0 Å². The molecule has 0 fully saturated rings. The van der Waals surface area contributed by atoms with Crippen molar-refractivity contribution in [1.29, 1.82) is 0 Å². The molecule has 9 aromatic rings. The van der Waals surface area contributed by atoms with Crippen LogP contribution < -0.4 is 9.80 Å². The van der Waals surface area contributed by atoms with Crippen LogP contribution in [0.2, 0.25) is 0 Å². The third-order valence-electron chi connectivity index (χ3n) is 15.5. The Bertz CT molecular complexity index is 3320. The summed E-state index contributed by atoms with van der Waals surface area (Å²) in [6.45, 7) is 23.8.